The average Bonchev–Trinajstić information content (AvgIpc) is 2.84. The first-order valence-electron chi connectivity index (χ1n) is 5.32. The van der Waals surface area contributed by atoms with Crippen molar-refractivity contribution in [3.8, 4) is 10.6 Å². The van der Waals surface area contributed by atoms with E-state index in [0.29, 0.717) is 12.2 Å². The van der Waals surface area contributed by atoms with Gasteiger partial charge < -0.3 is 5.73 Å². The summed E-state index contributed by atoms with van der Waals surface area (Å²) >= 11 is 1.42. The fourth-order valence-corrected chi connectivity index (χ4v) is 2.62. The van der Waals surface area contributed by atoms with Crippen LogP contribution in [0.1, 0.15) is 10.6 Å². The molecule has 0 spiro atoms. The summed E-state index contributed by atoms with van der Waals surface area (Å²) in [6, 6.07) is 4.71. The Kier molecular flexibility index (Phi) is 3.45. The van der Waals surface area contributed by atoms with E-state index in [1.165, 1.54) is 18.4 Å². The molecule has 0 bridgehead atoms. The van der Waals surface area contributed by atoms with Crippen LogP contribution in [-0.2, 0) is 19.6 Å². The number of nitrogens with zero attached hydrogens (tertiary/aromatic N) is 2. The van der Waals surface area contributed by atoms with Crippen molar-refractivity contribution in [1.29, 1.82) is 0 Å². The first-order valence-corrected chi connectivity index (χ1v) is 6.14. The average molecular weight is 275 g/mol. The zero-order chi connectivity index (χ0) is 13.3. The molecule has 0 saturated heterocycles. The van der Waals surface area contributed by atoms with Crippen LogP contribution in [0, 0.1) is 0 Å². The van der Waals surface area contributed by atoms with E-state index in [4.69, 9.17) is 5.73 Å². The number of aryl methyl sites for hydroxylation is 1. The second kappa shape index (κ2) is 4.74. The Morgan fingerprint density at radius 3 is 2.67 bits per heavy atom. The lowest BCUT2D eigenvalue weighted by atomic mass is 10.3. The van der Waals surface area contributed by atoms with Crippen molar-refractivity contribution in [2.75, 3.05) is 6.54 Å². The Hall–Kier alpha value is -1.34. The van der Waals surface area contributed by atoms with Gasteiger partial charge in [-0.2, -0.15) is 18.3 Å². The second-order valence-electron chi connectivity index (χ2n) is 3.84. The molecule has 18 heavy (non-hydrogen) atoms. The molecule has 7 heteroatoms. The Morgan fingerprint density at radius 2 is 2.11 bits per heavy atom. The molecule has 2 aromatic rings. The van der Waals surface area contributed by atoms with Crippen molar-refractivity contribution in [3.63, 3.8) is 0 Å². The minimum atomic E-state index is -4.38. The Labute approximate surface area is 106 Å². The van der Waals surface area contributed by atoms with Crippen LogP contribution in [0.3, 0.4) is 0 Å². The number of halogens is 3. The molecule has 0 aliphatic rings. The van der Waals surface area contributed by atoms with E-state index in [2.05, 4.69) is 5.10 Å². The van der Waals surface area contributed by atoms with Gasteiger partial charge in [0.2, 0.25) is 0 Å². The van der Waals surface area contributed by atoms with E-state index in [-0.39, 0.29) is 0 Å². The summed E-state index contributed by atoms with van der Waals surface area (Å²) in [4.78, 5) is 1.77. The number of thiophene rings is 1. The summed E-state index contributed by atoms with van der Waals surface area (Å²) in [5.41, 5.74) is 5.03. The van der Waals surface area contributed by atoms with Crippen LogP contribution in [0.4, 0.5) is 13.2 Å². The van der Waals surface area contributed by atoms with Crippen molar-refractivity contribution in [1.82, 2.24) is 9.78 Å². The smallest absolute Gasteiger partial charge is 0.330 e. The summed E-state index contributed by atoms with van der Waals surface area (Å²) in [5, 5.41) is 3.90. The molecule has 2 N–H and O–H groups in total. The number of rotatable bonds is 3. The van der Waals surface area contributed by atoms with Crippen LogP contribution >= 0.6 is 11.3 Å². The lowest BCUT2D eigenvalue weighted by Gasteiger charge is -2.04. The van der Waals surface area contributed by atoms with Crippen molar-refractivity contribution >= 4 is 11.3 Å². The number of aromatic nitrogens is 2. The summed E-state index contributed by atoms with van der Waals surface area (Å²) in [5.74, 6) is 0. The summed E-state index contributed by atoms with van der Waals surface area (Å²) in [6.07, 6.45) is -3.65. The summed E-state index contributed by atoms with van der Waals surface area (Å²) in [7, 11) is 1.29. The van der Waals surface area contributed by atoms with E-state index < -0.39 is 11.9 Å². The van der Waals surface area contributed by atoms with Gasteiger partial charge in [0.25, 0.3) is 0 Å². The molecule has 2 rings (SSSR count). The SMILES string of the molecule is Cn1nc(-c2ccc(CCN)s2)cc1C(F)(F)F. The predicted octanol–water partition coefficient (Wildman–Crippen LogP) is 2.67. The van der Waals surface area contributed by atoms with Gasteiger partial charge in [-0.05, 0) is 31.2 Å². The Bertz CT molecular complexity index is 542. The van der Waals surface area contributed by atoms with Crippen LogP contribution in [0.5, 0.6) is 0 Å². The lowest BCUT2D eigenvalue weighted by molar-refractivity contribution is -0.143. The van der Waals surface area contributed by atoms with Gasteiger partial charge in [0, 0.05) is 11.9 Å². The fourth-order valence-electron chi connectivity index (χ4n) is 1.65. The highest BCUT2D eigenvalue weighted by molar-refractivity contribution is 7.15. The van der Waals surface area contributed by atoms with E-state index in [1.807, 2.05) is 6.07 Å². The zero-order valence-electron chi connectivity index (χ0n) is 9.66. The number of hydrogen-bond donors (Lipinski definition) is 1. The molecule has 0 radical (unpaired) electrons. The Balaban J connectivity index is 2.33. The molecule has 0 aromatic carbocycles. The largest absolute Gasteiger partial charge is 0.433 e. The maximum absolute atomic E-state index is 12.6. The molecule has 0 amide bonds. The number of nitrogens with two attached hydrogens (primary N) is 1. The molecule has 0 saturated carbocycles. The van der Waals surface area contributed by atoms with E-state index in [1.54, 1.807) is 6.07 Å². The van der Waals surface area contributed by atoms with E-state index in [0.717, 1.165) is 26.9 Å². The standard InChI is InChI=1S/C11H12F3N3S/c1-17-10(11(12,13)14)6-8(16-17)9-3-2-7(18-9)4-5-15/h2-3,6H,4-5,15H2,1H3. The minimum Gasteiger partial charge on any atom is -0.330 e. The van der Waals surface area contributed by atoms with Gasteiger partial charge in [0.15, 0.2) is 0 Å². The topological polar surface area (TPSA) is 43.8 Å². The molecule has 0 fully saturated rings. The quantitative estimate of drug-likeness (QED) is 0.936. The molecule has 2 aromatic heterocycles. The molecule has 0 aliphatic heterocycles. The third kappa shape index (κ3) is 2.56. The van der Waals surface area contributed by atoms with Gasteiger partial charge in [0.05, 0.1) is 4.88 Å². The minimum absolute atomic E-state index is 0.345. The molecule has 0 unspecified atom stereocenters. The van der Waals surface area contributed by atoms with Gasteiger partial charge in [-0.25, -0.2) is 0 Å². The van der Waals surface area contributed by atoms with Gasteiger partial charge in [-0.15, -0.1) is 11.3 Å². The molecule has 98 valence electrons. The highest BCUT2D eigenvalue weighted by atomic mass is 32.1. The van der Waals surface area contributed by atoms with Crippen LogP contribution in [0.25, 0.3) is 10.6 Å². The summed E-state index contributed by atoms with van der Waals surface area (Å²) in [6.45, 7) is 0.524. The van der Waals surface area contributed by atoms with Crippen molar-refractivity contribution in [2.24, 2.45) is 12.8 Å². The predicted molar refractivity (Wildman–Crippen MR) is 64.3 cm³/mol. The van der Waals surface area contributed by atoms with Crippen molar-refractivity contribution in [2.45, 2.75) is 12.6 Å². The second-order valence-corrected chi connectivity index (χ2v) is 5.01. The highest BCUT2D eigenvalue weighted by Gasteiger charge is 2.35. The number of hydrogen-bond acceptors (Lipinski definition) is 3. The first kappa shape index (κ1) is 13.1. The molecule has 3 nitrogen and oxygen atoms in total. The van der Waals surface area contributed by atoms with Crippen molar-refractivity contribution < 1.29 is 13.2 Å². The third-order valence-electron chi connectivity index (χ3n) is 2.48. The van der Waals surface area contributed by atoms with Gasteiger partial charge in [-0.3, -0.25) is 4.68 Å². The van der Waals surface area contributed by atoms with Crippen molar-refractivity contribution in [3.05, 3.63) is 28.8 Å². The summed E-state index contributed by atoms with van der Waals surface area (Å²) < 4.78 is 38.7. The zero-order valence-corrected chi connectivity index (χ0v) is 10.5. The number of alkyl halides is 3. The molecule has 2 heterocycles. The van der Waals surface area contributed by atoms with Crippen LogP contribution in [-0.4, -0.2) is 16.3 Å². The maximum atomic E-state index is 12.6. The Morgan fingerprint density at radius 1 is 1.39 bits per heavy atom. The van der Waals surface area contributed by atoms with Crippen LogP contribution in [0.15, 0.2) is 18.2 Å². The van der Waals surface area contributed by atoms with Gasteiger partial charge >= 0.3 is 6.18 Å². The van der Waals surface area contributed by atoms with Gasteiger partial charge in [0.1, 0.15) is 11.4 Å². The third-order valence-corrected chi connectivity index (χ3v) is 3.64. The lowest BCUT2D eigenvalue weighted by Crippen LogP contribution is -2.11. The van der Waals surface area contributed by atoms with Crippen LogP contribution < -0.4 is 5.73 Å². The van der Waals surface area contributed by atoms with Crippen LogP contribution in [0.2, 0.25) is 0 Å². The van der Waals surface area contributed by atoms with E-state index in [9.17, 15) is 13.2 Å². The fraction of sp³-hybridized carbons (Fsp3) is 0.364. The highest BCUT2D eigenvalue weighted by Crippen LogP contribution is 2.34. The van der Waals surface area contributed by atoms with E-state index >= 15 is 0 Å². The molecular formula is C11H12F3N3S. The maximum Gasteiger partial charge on any atom is 0.433 e. The normalized spacial score (nSPS) is 12.1. The molecule has 0 aliphatic carbocycles. The van der Waals surface area contributed by atoms with Gasteiger partial charge in [-0.1, -0.05) is 0 Å². The monoisotopic (exact) mass is 275 g/mol. The molecular weight excluding hydrogens is 263 g/mol. The first-order chi connectivity index (χ1) is 8.41. The molecule has 0 atom stereocenters.